The monoisotopic (exact) mass is 287 g/mol. The summed E-state index contributed by atoms with van der Waals surface area (Å²) in [5, 5.41) is 18.2. The van der Waals surface area contributed by atoms with E-state index in [0.717, 1.165) is 16.9 Å². The summed E-state index contributed by atoms with van der Waals surface area (Å²) in [6, 6.07) is 11.0. The van der Waals surface area contributed by atoms with Crippen LogP contribution >= 0.6 is 11.3 Å². The van der Waals surface area contributed by atoms with Crippen LogP contribution in [0.25, 0.3) is 0 Å². The van der Waals surface area contributed by atoms with Crippen LogP contribution in [0.1, 0.15) is 32.6 Å². The first-order valence-corrected chi connectivity index (χ1v) is 6.94. The maximum Gasteiger partial charge on any atom is 0.349 e. The van der Waals surface area contributed by atoms with Crippen molar-refractivity contribution >= 4 is 17.3 Å². The van der Waals surface area contributed by atoms with E-state index < -0.39 is 5.97 Å². The molecule has 102 valence electrons. The molecule has 1 aromatic heterocycles. The van der Waals surface area contributed by atoms with Crippen molar-refractivity contribution in [3.8, 4) is 11.8 Å². The fourth-order valence-corrected chi connectivity index (χ4v) is 2.64. The van der Waals surface area contributed by atoms with Crippen LogP contribution in [0.3, 0.4) is 0 Å². The van der Waals surface area contributed by atoms with Crippen LogP contribution < -0.4 is 4.74 Å². The SMILES string of the molecule is CCc1cc(OCc2ccccc2C#N)c(C(=O)O)s1. The van der Waals surface area contributed by atoms with E-state index in [1.807, 2.05) is 13.0 Å². The van der Waals surface area contributed by atoms with Gasteiger partial charge in [0.2, 0.25) is 0 Å². The van der Waals surface area contributed by atoms with Gasteiger partial charge >= 0.3 is 5.97 Å². The molecule has 0 fully saturated rings. The van der Waals surface area contributed by atoms with Gasteiger partial charge in [-0.1, -0.05) is 25.1 Å². The van der Waals surface area contributed by atoms with Gasteiger partial charge in [-0.05, 0) is 18.6 Å². The minimum atomic E-state index is -0.988. The molecule has 2 aromatic rings. The molecule has 0 aliphatic carbocycles. The number of carboxylic acids is 1. The molecule has 0 saturated carbocycles. The standard InChI is InChI=1S/C15H13NO3S/c1-2-12-7-13(14(20-12)15(17)18)19-9-11-6-4-3-5-10(11)8-16/h3-7H,2,9H2,1H3,(H,17,18). The van der Waals surface area contributed by atoms with Crippen molar-refractivity contribution in [2.24, 2.45) is 0 Å². The van der Waals surface area contributed by atoms with E-state index in [1.165, 1.54) is 11.3 Å². The Kier molecular flexibility index (Phi) is 4.38. The molecule has 0 atom stereocenters. The summed E-state index contributed by atoms with van der Waals surface area (Å²) in [4.78, 5) is 12.3. The third kappa shape index (κ3) is 2.98. The zero-order valence-electron chi connectivity index (χ0n) is 10.9. The summed E-state index contributed by atoms with van der Waals surface area (Å²) >= 11 is 1.22. The van der Waals surface area contributed by atoms with Gasteiger partial charge in [-0.3, -0.25) is 0 Å². The Hall–Kier alpha value is -2.32. The molecule has 5 heteroatoms. The van der Waals surface area contributed by atoms with E-state index in [2.05, 4.69) is 6.07 Å². The predicted octanol–water partition coefficient (Wildman–Crippen LogP) is 3.46. The molecule has 0 radical (unpaired) electrons. The Balaban J connectivity index is 2.21. The number of carboxylic acid groups (broad SMARTS) is 1. The van der Waals surface area contributed by atoms with E-state index in [1.54, 1.807) is 24.3 Å². The largest absolute Gasteiger partial charge is 0.487 e. The maximum absolute atomic E-state index is 11.2. The van der Waals surface area contributed by atoms with Gasteiger partial charge in [-0.15, -0.1) is 11.3 Å². The second-order valence-electron chi connectivity index (χ2n) is 4.12. The average Bonchev–Trinajstić information content (AvgIpc) is 2.89. The summed E-state index contributed by atoms with van der Waals surface area (Å²) < 4.78 is 5.59. The second kappa shape index (κ2) is 6.22. The lowest BCUT2D eigenvalue weighted by Gasteiger charge is -2.06. The van der Waals surface area contributed by atoms with Crippen LogP contribution in [0.4, 0.5) is 0 Å². The third-order valence-corrected chi connectivity index (χ3v) is 4.06. The summed E-state index contributed by atoms with van der Waals surface area (Å²) in [6.07, 6.45) is 0.767. The van der Waals surface area contributed by atoms with Crippen molar-refractivity contribution in [2.75, 3.05) is 0 Å². The molecule has 4 nitrogen and oxygen atoms in total. The molecular weight excluding hydrogens is 274 g/mol. The number of ether oxygens (including phenoxy) is 1. The average molecular weight is 287 g/mol. The highest BCUT2D eigenvalue weighted by atomic mass is 32.1. The molecule has 1 aromatic carbocycles. The lowest BCUT2D eigenvalue weighted by molar-refractivity contribution is 0.0697. The fraction of sp³-hybridized carbons (Fsp3) is 0.200. The van der Waals surface area contributed by atoms with Crippen molar-refractivity contribution in [1.29, 1.82) is 5.26 Å². The molecular formula is C15H13NO3S. The minimum absolute atomic E-state index is 0.184. The lowest BCUT2D eigenvalue weighted by atomic mass is 10.1. The smallest absolute Gasteiger partial charge is 0.349 e. The van der Waals surface area contributed by atoms with Crippen molar-refractivity contribution in [3.63, 3.8) is 0 Å². The molecule has 1 heterocycles. The molecule has 0 spiro atoms. The highest BCUT2D eigenvalue weighted by Gasteiger charge is 2.16. The maximum atomic E-state index is 11.2. The van der Waals surface area contributed by atoms with E-state index in [-0.39, 0.29) is 11.5 Å². The van der Waals surface area contributed by atoms with Crippen LogP contribution in [-0.2, 0) is 13.0 Å². The number of rotatable bonds is 5. The minimum Gasteiger partial charge on any atom is -0.487 e. The molecule has 0 saturated heterocycles. The molecule has 0 bridgehead atoms. The second-order valence-corrected chi connectivity index (χ2v) is 5.26. The van der Waals surface area contributed by atoms with E-state index >= 15 is 0 Å². The number of benzene rings is 1. The Morgan fingerprint density at radius 3 is 2.85 bits per heavy atom. The highest BCUT2D eigenvalue weighted by molar-refractivity contribution is 7.14. The van der Waals surface area contributed by atoms with Crippen LogP contribution in [0, 0.1) is 11.3 Å². The van der Waals surface area contributed by atoms with Gasteiger partial charge < -0.3 is 9.84 Å². The summed E-state index contributed by atoms with van der Waals surface area (Å²) in [7, 11) is 0. The number of aryl methyl sites for hydroxylation is 1. The normalized spacial score (nSPS) is 10.0. The Labute approximate surface area is 120 Å². The highest BCUT2D eigenvalue weighted by Crippen LogP contribution is 2.30. The molecule has 2 rings (SSSR count). The number of nitriles is 1. The number of hydrogen-bond acceptors (Lipinski definition) is 4. The van der Waals surface area contributed by atoms with Gasteiger partial charge in [0.15, 0.2) is 4.88 Å². The van der Waals surface area contributed by atoms with Crippen LogP contribution in [0.15, 0.2) is 30.3 Å². The Bertz CT molecular complexity index is 670. The van der Waals surface area contributed by atoms with Crippen molar-refractivity contribution in [3.05, 3.63) is 51.2 Å². The lowest BCUT2D eigenvalue weighted by Crippen LogP contribution is -2.01. The van der Waals surface area contributed by atoms with Gasteiger partial charge in [0.05, 0.1) is 11.6 Å². The van der Waals surface area contributed by atoms with Gasteiger partial charge in [-0.2, -0.15) is 5.26 Å². The molecule has 0 unspecified atom stereocenters. The first-order valence-electron chi connectivity index (χ1n) is 6.12. The van der Waals surface area contributed by atoms with Gasteiger partial charge in [0, 0.05) is 10.4 Å². The topological polar surface area (TPSA) is 70.3 Å². The number of hydrogen-bond donors (Lipinski definition) is 1. The van der Waals surface area contributed by atoms with E-state index in [9.17, 15) is 4.79 Å². The first kappa shape index (κ1) is 14.1. The van der Waals surface area contributed by atoms with Crippen molar-refractivity contribution in [2.45, 2.75) is 20.0 Å². The zero-order chi connectivity index (χ0) is 14.5. The van der Waals surface area contributed by atoms with Crippen molar-refractivity contribution < 1.29 is 14.6 Å². The summed E-state index contributed by atoms with van der Waals surface area (Å²) in [5.74, 6) is -0.620. The van der Waals surface area contributed by atoms with E-state index in [4.69, 9.17) is 15.1 Å². The van der Waals surface area contributed by atoms with E-state index in [0.29, 0.717) is 11.3 Å². The zero-order valence-corrected chi connectivity index (χ0v) is 11.7. The number of nitrogens with zero attached hydrogens (tertiary/aromatic N) is 1. The predicted molar refractivity (Wildman–Crippen MR) is 76.1 cm³/mol. The fourth-order valence-electron chi connectivity index (χ4n) is 1.76. The number of thiophene rings is 1. The molecule has 20 heavy (non-hydrogen) atoms. The Morgan fingerprint density at radius 1 is 1.45 bits per heavy atom. The summed E-state index contributed by atoms with van der Waals surface area (Å²) in [6.45, 7) is 2.15. The Morgan fingerprint density at radius 2 is 2.20 bits per heavy atom. The molecule has 0 aliphatic rings. The quantitative estimate of drug-likeness (QED) is 0.914. The van der Waals surface area contributed by atoms with Gasteiger partial charge in [-0.25, -0.2) is 4.79 Å². The summed E-state index contributed by atoms with van der Waals surface area (Å²) in [5.41, 5.74) is 1.28. The van der Waals surface area contributed by atoms with Crippen LogP contribution in [0.2, 0.25) is 0 Å². The van der Waals surface area contributed by atoms with Crippen LogP contribution in [0.5, 0.6) is 5.75 Å². The molecule has 0 aliphatic heterocycles. The number of carbonyl (C=O) groups is 1. The van der Waals surface area contributed by atoms with Crippen LogP contribution in [-0.4, -0.2) is 11.1 Å². The van der Waals surface area contributed by atoms with Crippen molar-refractivity contribution in [1.82, 2.24) is 0 Å². The first-order chi connectivity index (χ1) is 9.65. The molecule has 1 N–H and O–H groups in total. The van der Waals surface area contributed by atoms with Gasteiger partial charge in [0.25, 0.3) is 0 Å². The third-order valence-electron chi connectivity index (χ3n) is 2.81. The molecule has 0 amide bonds. The number of aromatic carboxylic acids is 1. The van der Waals surface area contributed by atoms with Gasteiger partial charge in [0.1, 0.15) is 12.4 Å².